The predicted molar refractivity (Wildman–Crippen MR) is 43.6 cm³/mol. The third kappa shape index (κ3) is 1.09. The first-order chi connectivity index (χ1) is 6.63. The number of benzene rings is 1. The van der Waals surface area contributed by atoms with Gasteiger partial charge in [-0.15, -0.1) is 0 Å². The van der Waals surface area contributed by atoms with Crippen molar-refractivity contribution in [2.45, 2.75) is 6.42 Å². The molecule has 3 nitrogen and oxygen atoms in total. The molecule has 0 radical (unpaired) electrons. The molecule has 0 aromatic heterocycles. The van der Waals surface area contributed by atoms with E-state index < -0.39 is 17.4 Å². The summed E-state index contributed by atoms with van der Waals surface area (Å²) in [7, 11) is 0. The van der Waals surface area contributed by atoms with Gasteiger partial charge in [-0.1, -0.05) is 5.16 Å². The molecule has 2 rings (SSSR count). The minimum absolute atomic E-state index is 0.0435. The Labute approximate surface area is 77.7 Å². The Balaban J connectivity index is 2.61. The molecule has 0 aliphatic heterocycles. The number of hydrogen-bond donors (Lipinski definition) is 1. The van der Waals surface area contributed by atoms with E-state index in [9.17, 15) is 13.6 Å². The number of rotatable bonds is 0. The zero-order chi connectivity index (χ0) is 10.3. The highest BCUT2D eigenvalue weighted by Crippen LogP contribution is 2.23. The molecule has 0 spiro atoms. The van der Waals surface area contributed by atoms with Crippen LogP contribution in [-0.2, 0) is 6.42 Å². The van der Waals surface area contributed by atoms with Gasteiger partial charge in [0.25, 0.3) is 0 Å². The molecule has 1 aliphatic rings. The van der Waals surface area contributed by atoms with Crippen LogP contribution in [0.25, 0.3) is 0 Å². The Morgan fingerprint density at radius 1 is 1.29 bits per heavy atom. The summed E-state index contributed by atoms with van der Waals surface area (Å²) in [6.07, 6.45) is 0.0435. The van der Waals surface area contributed by atoms with Crippen LogP contribution in [0.5, 0.6) is 0 Å². The Kier molecular flexibility index (Phi) is 1.80. The van der Waals surface area contributed by atoms with E-state index in [0.29, 0.717) is 5.56 Å². The van der Waals surface area contributed by atoms with Gasteiger partial charge in [-0.2, -0.15) is 0 Å². The summed E-state index contributed by atoms with van der Waals surface area (Å²) in [5.74, 6) is -2.63. The van der Waals surface area contributed by atoms with Crippen LogP contribution >= 0.6 is 0 Å². The molecule has 72 valence electrons. The number of fused-ring (bicyclic) bond motifs is 1. The highest BCUT2D eigenvalue weighted by Gasteiger charge is 2.28. The van der Waals surface area contributed by atoms with Crippen molar-refractivity contribution in [2.75, 3.05) is 0 Å². The monoisotopic (exact) mass is 197 g/mol. The molecule has 1 aromatic rings. The van der Waals surface area contributed by atoms with Crippen molar-refractivity contribution >= 4 is 11.5 Å². The number of ketones is 1. The van der Waals surface area contributed by atoms with Crippen molar-refractivity contribution in [3.8, 4) is 0 Å². The van der Waals surface area contributed by atoms with Crippen LogP contribution in [0.1, 0.15) is 15.9 Å². The maximum Gasteiger partial charge on any atom is 0.211 e. The van der Waals surface area contributed by atoms with Crippen molar-refractivity contribution < 1.29 is 18.8 Å². The van der Waals surface area contributed by atoms with Crippen LogP contribution in [0.3, 0.4) is 0 Å². The van der Waals surface area contributed by atoms with Crippen LogP contribution in [0.15, 0.2) is 17.3 Å². The molecule has 1 aromatic carbocycles. The quantitative estimate of drug-likeness (QED) is 0.506. The molecule has 1 N–H and O–H groups in total. The van der Waals surface area contributed by atoms with E-state index in [2.05, 4.69) is 5.16 Å². The highest BCUT2D eigenvalue weighted by molar-refractivity contribution is 6.49. The fourth-order valence-electron chi connectivity index (χ4n) is 1.44. The SMILES string of the molecule is O=C1C(=NO)Cc2cc(F)c(F)cc21. The zero-order valence-corrected chi connectivity index (χ0v) is 6.92. The maximum absolute atomic E-state index is 12.7. The first-order valence-corrected chi connectivity index (χ1v) is 3.87. The first kappa shape index (κ1) is 8.80. The van der Waals surface area contributed by atoms with E-state index in [0.717, 1.165) is 12.1 Å². The molecule has 0 bridgehead atoms. The molecule has 0 atom stereocenters. The maximum atomic E-state index is 12.7. The Morgan fingerprint density at radius 2 is 1.93 bits per heavy atom. The van der Waals surface area contributed by atoms with Crippen molar-refractivity contribution in [1.29, 1.82) is 0 Å². The van der Waals surface area contributed by atoms with Crippen LogP contribution in [0.4, 0.5) is 8.78 Å². The topological polar surface area (TPSA) is 49.7 Å². The van der Waals surface area contributed by atoms with Gasteiger partial charge < -0.3 is 5.21 Å². The number of carbonyl (C=O) groups excluding carboxylic acids is 1. The zero-order valence-electron chi connectivity index (χ0n) is 6.92. The fourth-order valence-corrected chi connectivity index (χ4v) is 1.44. The number of hydrogen-bond acceptors (Lipinski definition) is 3. The lowest BCUT2D eigenvalue weighted by molar-refractivity contribution is 0.106. The van der Waals surface area contributed by atoms with Gasteiger partial charge in [0.05, 0.1) is 0 Å². The van der Waals surface area contributed by atoms with Gasteiger partial charge >= 0.3 is 0 Å². The van der Waals surface area contributed by atoms with E-state index in [1.807, 2.05) is 0 Å². The Bertz CT molecular complexity index is 454. The molecule has 0 amide bonds. The minimum atomic E-state index is -1.07. The van der Waals surface area contributed by atoms with Gasteiger partial charge in [0.2, 0.25) is 5.78 Å². The molecule has 5 heteroatoms. The van der Waals surface area contributed by atoms with Gasteiger partial charge in [0, 0.05) is 12.0 Å². The average molecular weight is 197 g/mol. The van der Waals surface area contributed by atoms with Crippen LogP contribution < -0.4 is 0 Å². The molecular formula is C9H5F2NO2. The minimum Gasteiger partial charge on any atom is -0.411 e. The molecule has 0 saturated carbocycles. The molecule has 0 fully saturated rings. The fraction of sp³-hybridized carbons (Fsp3) is 0.111. The number of carbonyl (C=O) groups is 1. The molecule has 0 unspecified atom stereocenters. The van der Waals surface area contributed by atoms with Crippen LogP contribution in [0, 0.1) is 11.6 Å². The van der Waals surface area contributed by atoms with E-state index in [1.165, 1.54) is 0 Å². The second kappa shape index (κ2) is 2.87. The van der Waals surface area contributed by atoms with E-state index in [-0.39, 0.29) is 17.7 Å². The number of oxime groups is 1. The highest BCUT2D eigenvalue weighted by atomic mass is 19.2. The van der Waals surface area contributed by atoms with E-state index in [4.69, 9.17) is 5.21 Å². The summed E-state index contributed by atoms with van der Waals surface area (Å²) >= 11 is 0. The molecule has 1 aliphatic carbocycles. The lowest BCUT2D eigenvalue weighted by Crippen LogP contribution is -2.07. The predicted octanol–water partition coefficient (Wildman–Crippen LogP) is 1.53. The standard InChI is InChI=1S/C9H5F2NO2/c10-6-1-4-2-8(12-14)9(13)5(4)3-7(6)11/h1,3,14H,2H2. The second-order valence-corrected chi connectivity index (χ2v) is 2.98. The van der Waals surface area contributed by atoms with Crippen LogP contribution in [-0.4, -0.2) is 16.7 Å². The summed E-state index contributed by atoms with van der Waals surface area (Å²) in [5, 5.41) is 11.2. The first-order valence-electron chi connectivity index (χ1n) is 3.87. The second-order valence-electron chi connectivity index (χ2n) is 2.98. The van der Waals surface area contributed by atoms with Gasteiger partial charge in [-0.3, -0.25) is 4.79 Å². The lowest BCUT2D eigenvalue weighted by Gasteiger charge is -1.97. The van der Waals surface area contributed by atoms with Crippen molar-refractivity contribution in [3.05, 3.63) is 34.9 Å². The number of Topliss-reactive ketones (excluding diaryl/α,β-unsaturated/α-hetero) is 1. The van der Waals surface area contributed by atoms with Crippen LogP contribution in [0.2, 0.25) is 0 Å². The van der Waals surface area contributed by atoms with Crippen molar-refractivity contribution in [2.24, 2.45) is 5.16 Å². The van der Waals surface area contributed by atoms with E-state index >= 15 is 0 Å². The molecule has 0 saturated heterocycles. The molecule has 14 heavy (non-hydrogen) atoms. The largest absolute Gasteiger partial charge is 0.411 e. The number of nitrogens with zero attached hydrogens (tertiary/aromatic N) is 1. The van der Waals surface area contributed by atoms with Crippen molar-refractivity contribution in [1.82, 2.24) is 0 Å². The lowest BCUT2D eigenvalue weighted by atomic mass is 10.1. The molecule has 0 heterocycles. The van der Waals surface area contributed by atoms with Gasteiger partial charge in [-0.25, -0.2) is 8.78 Å². The van der Waals surface area contributed by atoms with Crippen molar-refractivity contribution in [3.63, 3.8) is 0 Å². The van der Waals surface area contributed by atoms with Gasteiger partial charge in [0.1, 0.15) is 5.71 Å². The summed E-state index contributed by atoms with van der Waals surface area (Å²) in [6, 6.07) is 1.77. The van der Waals surface area contributed by atoms with E-state index in [1.54, 1.807) is 0 Å². The Morgan fingerprint density at radius 3 is 2.57 bits per heavy atom. The summed E-state index contributed by atoms with van der Waals surface area (Å²) < 4.78 is 25.5. The average Bonchev–Trinajstić information content (AvgIpc) is 2.45. The van der Waals surface area contributed by atoms with Gasteiger partial charge in [-0.05, 0) is 17.7 Å². The Hall–Kier alpha value is -1.78. The third-order valence-corrected chi connectivity index (χ3v) is 2.13. The molecular weight excluding hydrogens is 192 g/mol. The van der Waals surface area contributed by atoms with Gasteiger partial charge in [0.15, 0.2) is 11.6 Å². The summed E-state index contributed by atoms with van der Waals surface area (Å²) in [4.78, 5) is 11.3. The summed E-state index contributed by atoms with van der Waals surface area (Å²) in [5.41, 5.74) is 0.323. The summed E-state index contributed by atoms with van der Waals surface area (Å²) in [6.45, 7) is 0. The third-order valence-electron chi connectivity index (χ3n) is 2.13. The smallest absolute Gasteiger partial charge is 0.211 e. The normalized spacial score (nSPS) is 17.6. The number of halogens is 2.